The van der Waals surface area contributed by atoms with Gasteiger partial charge in [0, 0.05) is 22.1 Å². The van der Waals surface area contributed by atoms with Gasteiger partial charge >= 0.3 is 0 Å². The van der Waals surface area contributed by atoms with Gasteiger partial charge in [0.25, 0.3) is 0 Å². The van der Waals surface area contributed by atoms with Gasteiger partial charge < -0.3 is 0 Å². The van der Waals surface area contributed by atoms with Crippen LogP contribution in [0.3, 0.4) is 0 Å². The molecule has 0 bridgehead atoms. The second-order valence-electron chi connectivity index (χ2n) is 2.47. The molecule has 0 amide bonds. The number of aromatic nitrogens is 2. The van der Waals surface area contributed by atoms with Crippen molar-refractivity contribution in [2.75, 3.05) is 0 Å². The highest BCUT2D eigenvalue weighted by atomic mass is 32.1. The second-order valence-corrected chi connectivity index (χ2v) is 3.90. The van der Waals surface area contributed by atoms with E-state index in [1.165, 1.54) is 9.75 Å². The number of nitrogens with zero attached hydrogens (tertiary/aromatic N) is 2. The van der Waals surface area contributed by atoms with Gasteiger partial charge in [-0.15, -0.1) is 11.3 Å². The average Bonchev–Trinajstić information content (AvgIpc) is 2.30. The van der Waals surface area contributed by atoms with Gasteiger partial charge in [0.15, 0.2) is 0 Å². The average molecular weight is 180 g/mol. The van der Waals surface area contributed by atoms with Crippen molar-refractivity contribution < 1.29 is 0 Å². The summed E-state index contributed by atoms with van der Waals surface area (Å²) in [7, 11) is 0. The third kappa shape index (κ3) is 1.20. The van der Waals surface area contributed by atoms with Crippen molar-refractivity contribution in [1.29, 1.82) is 0 Å². The number of thiophene rings is 1. The van der Waals surface area contributed by atoms with Gasteiger partial charge in [0.2, 0.25) is 0 Å². The molecule has 2 nitrogen and oxygen atoms in total. The number of aryl methyl sites for hydroxylation is 2. The Balaban J connectivity index is 0.000000720. The van der Waals surface area contributed by atoms with Crippen LogP contribution in [0.4, 0.5) is 0 Å². The molecule has 64 valence electrons. The van der Waals surface area contributed by atoms with E-state index in [4.69, 9.17) is 0 Å². The fourth-order valence-electron chi connectivity index (χ4n) is 1.18. The lowest BCUT2D eigenvalue weighted by molar-refractivity contribution is 1.29. The van der Waals surface area contributed by atoms with E-state index in [1.807, 2.05) is 0 Å². The highest BCUT2D eigenvalue weighted by molar-refractivity contribution is 7.13. The SMILES string of the molecule is C.Cc1sc(C)c2nccnc12. The number of hydrogen-bond acceptors (Lipinski definition) is 3. The van der Waals surface area contributed by atoms with Gasteiger partial charge in [-0.05, 0) is 13.8 Å². The lowest BCUT2D eigenvalue weighted by Gasteiger charge is -1.87. The number of rotatable bonds is 0. The first kappa shape index (κ1) is 9.13. The first-order valence-corrected chi connectivity index (χ1v) is 4.27. The molecule has 0 saturated carbocycles. The van der Waals surface area contributed by atoms with Crippen LogP contribution in [0.25, 0.3) is 11.0 Å². The van der Waals surface area contributed by atoms with E-state index in [-0.39, 0.29) is 7.43 Å². The van der Waals surface area contributed by atoms with E-state index in [1.54, 1.807) is 23.7 Å². The Bertz CT molecular complexity index is 356. The fourth-order valence-corrected chi connectivity index (χ4v) is 2.13. The van der Waals surface area contributed by atoms with Crippen molar-refractivity contribution in [1.82, 2.24) is 9.97 Å². The fraction of sp³-hybridized carbons (Fsp3) is 0.333. The van der Waals surface area contributed by atoms with Gasteiger partial charge in [0.05, 0.1) is 0 Å². The zero-order valence-electron chi connectivity index (χ0n) is 6.46. The van der Waals surface area contributed by atoms with E-state index >= 15 is 0 Å². The second kappa shape index (κ2) is 3.19. The summed E-state index contributed by atoms with van der Waals surface area (Å²) >= 11 is 1.76. The van der Waals surface area contributed by atoms with Crippen molar-refractivity contribution in [2.45, 2.75) is 21.3 Å². The molecular formula is C9H12N2S. The van der Waals surface area contributed by atoms with Gasteiger partial charge in [0.1, 0.15) is 11.0 Å². The maximum atomic E-state index is 4.25. The molecule has 2 heterocycles. The van der Waals surface area contributed by atoms with Crippen LogP contribution in [0.5, 0.6) is 0 Å². The minimum atomic E-state index is 0. The van der Waals surface area contributed by atoms with Gasteiger partial charge in [-0.25, -0.2) is 0 Å². The molecule has 0 fully saturated rings. The number of fused-ring (bicyclic) bond motifs is 1. The summed E-state index contributed by atoms with van der Waals surface area (Å²) in [4.78, 5) is 11.0. The summed E-state index contributed by atoms with van der Waals surface area (Å²) in [5, 5.41) is 0. The van der Waals surface area contributed by atoms with Crippen molar-refractivity contribution >= 4 is 22.4 Å². The molecule has 0 aliphatic rings. The largest absolute Gasteiger partial charge is 0.252 e. The smallest absolute Gasteiger partial charge is 0.103 e. The Labute approximate surface area is 76.3 Å². The van der Waals surface area contributed by atoms with Crippen molar-refractivity contribution in [3.05, 3.63) is 22.1 Å². The minimum absolute atomic E-state index is 0. The van der Waals surface area contributed by atoms with Crippen LogP contribution in [0.1, 0.15) is 17.2 Å². The van der Waals surface area contributed by atoms with Crippen LogP contribution in [0.15, 0.2) is 12.4 Å². The van der Waals surface area contributed by atoms with Crippen LogP contribution in [-0.2, 0) is 0 Å². The molecule has 0 aliphatic heterocycles. The van der Waals surface area contributed by atoms with Crippen molar-refractivity contribution in [3.63, 3.8) is 0 Å². The molecule has 2 aromatic rings. The van der Waals surface area contributed by atoms with E-state index in [0.29, 0.717) is 0 Å². The first-order chi connectivity index (χ1) is 5.29. The minimum Gasteiger partial charge on any atom is -0.252 e. The Kier molecular flexibility index (Phi) is 2.43. The molecule has 0 saturated heterocycles. The quantitative estimate of drug-likeness (QED) is 0.623. The maximum absolute atomic E-state index is 4.25. The Morgan fingerprint density at radius 2 is 1.42 bits per heavy atom. The molecule has 12 heavy (non-hydrogen) atoms. The highest BCUT2D eigenvalue weighted by Crippen LogP contribution is 2.25. The molecule has 0 aromatic carbocycles. The summed E-state index contributed by atoms with van der Waals surface area (Å²) < 4.78 is 0. The normalized spacial score (nSPS) is 9.83. The lowest BCUT2D eigenvalue weighted by Crippen LogP contribution is -1.78. The summed E-state index contributed by atoms with van der Waals surface area (Å²) in [6.45, 7) is 4.16. The predicted molar refractivity (Wildman–Crippen MR) is 53.6 cm³/mol. The Morgan fingerprint density at radius 3 is 1.83 bits per heavy atom. The van der Waals surface area contributed by atoms with Gasteiger partial charge in [-0.2, -0.15) is 0 Å². The molecule has 0 unspecified atom stereocenters. The molecule has 3 heteroatoms. The molecular weight excluding hydrogens is 168 g/mol. The van der Waals surface area contributed by atoms with Crippen LogP contribution < -0.4 is 0 Å². The standard InChI is InChI=1S/C8H8N2S.CH4/c1-5-7-8(6(2)11-5)10-4-3-9-7;/h3-4H,1-2H3;1H4. The Morgan fingerprint density at radius 1 is 1.00 bits per heavy atom. The molecule has 2 aromatic heterocycles. The van der Waals surface area contributed by atoms with Crippen molar-refractivity contribution in [2.24, 2.45) is 0 Å². The number of hydrogen-bond donors (Lipinski definition) is 0. The Hall–Kier alpha value is -0.960. The molecule has 0 N–H and O–H groups in total. The predicted octanol–water partition coefficient (Wildman–Crippen LogP) is 2.94. The van der Waals surface area contributed by atoms with Crippen LogP contribution in [0.2, 0.25) is 0 Å². The molecule has 2 rings (SSSR count). The zero-order valence-corrected chi connectivity index (χ0v) is 7.27. The van der Waals surface area contributed by atoms with E-state index < -0.39 is 0 Å². The first-order valence-electron chi connectivity index (χ1n) is 3.46. The lowest BCUT2D eigenvalue weighted by atomic mass is 10.3. The van der Waals surface area contributed by atoms with Crippen LogP contribution >= 0.6 is 11.3 Å². The molecule has 0 aliphatic carbocycles. The van der Waals surface area contributed by atoms with Crippen LogP contribution in [0, 0.1) is 13.8 Å². The third-order valence-corrected chi connectivity index (χ3v) is 2.67. The maximum Gasteiger partial charge on any atom is 0.103 e. The monoisotopic (exact) mass is 180 g/mol. The van der Waals surface area contributed by atoms with Gasteiger partial charge in [-0.1, -0.05) is 7.43 Å². The van der Waals surface area contributed by atoms with Crippen molar-refractivity contribution in [3.8, 4) is 0 Å². The zero-order chi connectivity index (χ0) is 7.84. The highest BCUT2D eigenvalue weighted by Gasteiger charge is 2.04. The molecule has 0 radical (unpaired) electrons. The summed E-state index contributed by atoms with van der Waals surface area (Å²) in [5.74, 6) is 0. The topological polar surface area (TPSA) is 25.8 Å². The summed E-state index contributed by atoms with van der Waals surface area (Å²) in [6.07, 6.45) is 3.48. The summed E-state index contributed by atoms with van der Waals surface area (Å²) in [5.41, 5.74) is 2.10. The van der Waals surface area contributed by atoms with E-state index in [0.717, 1.165) is 11.0 Å². The molecule has 0 spiro atoms. The third-order valence-electron chi connectivity index (χ3n) is 1.67. The van der Waals surface area contributed by atoms with Gasteiger partial charge in [-0.3, -0.25) is 9.97 Å². The summed E-state index contributed by atoms with van der Waals surface area (Å²) in [6, 6.07) is 0. The van der Waals surface area contributed by atoms with E-state index in [2.05, 4.69) is 23.8 Å². The van der Waals surface area contributed by atoms with Crippen LogP contribution in [-0.4, -0.2) is 9.97 Å². The molecule has 0 atom stereocenters. The van der Waals surface area contributed by atoms with E-state index in [9.17, 15) is 0 Å².